The Labute approximate surface area is 121 Å². The maximum Gasteiger partial charge on any atom is 0.324 e. The topological polar surface area (TPSA) is 79.2 Å². The molecule has 0 aliphatic heterocycles. The van der Waals surface area contributed by atoms with Crippen molar-refractivity contribution < 1.29 is 13.4 Å². The highest BCUT2D eigenvalue weighted by Gasteiger charge is 2.03. The molecule has 19 heavy (non-hydrogen) atoms. The number of hydrogen-bond acceptors (Lipinski definition) is 5. The van der Waals surface area contributed by atoms with E-state index < -0.39 is 5.97 Å². The molecule has 0 saturated heterocycles. The summed E-state index contributed by atoms with van der Waals surface area (Å²) in [5.41, 5.74) is 1.70. The molecule has 0 aliphatic carbocycles. The van der Waals surface area contributed by atoms with Crippen LogP contribution in [-0.2, 0) is 13.4 Å². The average Bonchev–Trinajstić information content (AvgIpc) is 2.39. The minimum atomic E-state index is -0.558. The van der Waals surface area contributed by atoms with E-state index in [1.54, 1.807) is 6.07 Å². The predicted molar refractivity (Wildman–Crippen MR) is 75.6 cm³/mol. The third-order valence-corrected chi connectivity index (χ3v) is 2.21. The van der Waals surface area contributed by atoms with E-state index in [9.17, 15) is 9.59 Å². The number of ketones is 1. The fourth-order valence-corrected chi connectivity index (χ4v) is 1.25. The number of rotatable bonds is 4. The first-order chi connectivity index (χ1) is 9.03. The van der Waals surface area contributed by atoms with Gasteiger partial charge >= 0.3 is 5.97 Å². The number of Topliss-reactive ketones (excluding diaryl/α,β-unsaturated/α-hetero) is 1. The van der Waals surface area contributed by atoms with Crippen molar-refractivity contribution in [1.82, 2.24) is 0 Å². The third-order valence-electron chi connectivity index (χ3n) is 1.85. The van der Waals surface area contributed by atoms with Gasteiger partial charge < -0.3 is 9.15 Å². The van der Waals surface area contributed by atoms with Gasteiger partial charge in [-0.05, 0) is 32.0 Å². The van der Waals surface area contributed by atoms with Crippen LogP contribution in [0.25, 0.3) is 0 Å². The first-order valence-corrected chi connectivity index (χ1v) is 6.23. The van der Waals surface area contributed by atoms with Crippen LogP contribution in [0.1, 0.15) is 25.8 Å². The van der Waals surface area contributed by atoms with E-state index in [1.807, 2.05) is 25.1 Å². The molecule has 0 radical (unpaired) electrons. The zero-order valence-corrected chi connectivity index (χ0v) is 12.4. The van der Waals surface area contributed by atoms with Gasteiger partial charge in [-0.2, -0.15) is 5.26 Å². The van der Waals surface area contributed by atoms with Crippen LogP contribution >= 0.6 is 16.3 Å². The number of carbonyl (C=O) groups is 2. The SMILES string of the molecule is CC(=O)CC(=O)OBr.CCNc1cccc(C#N)c1. The highest BCUT2D eigenvalue weighted by molar-refractivity contribution is 9.06. The Morgan fingerprint density at radius 1 is 1.47 bits per heavy atom. The van der Waals surface area contributed by atoms with Crippen molar-refractivity contribution >= 4 is 33.7 Å². The van der Waals surface area contributed by atoms with Gasteiger partial charge in [0.25, 0.3) is 0 Å². The summed E-state index contributed by atoms with van der Waals surface area (Å²) in [6.07, 6.45) is -0.161. The molecule has 1 rings (SSSR count). The molecule has 0 aromatic heterocycles. The number of carbonyl (C=O) groups excluding carboxylic acids is 2. The van der Waals surface area contributed by atoms with E-state index in [0.717, 1.165) is 12.2 Å². The van der Waals surface area contributed by atoms with Crippen molar-refractivity contribution in [3.63, 3.8) is 0 Å². The lowest BCUT2D eigenvalue weighted by Gasteiger charge is -2.01. The number of hydrogen-bond donors (Lipinski definition) is 1. The lowest BCUT2D eigenvalue weighted by Crippen LogP contribution is -2.02. The lowest BCUT2D eigenvalue weighted by molar-refractivity contribution is -0.135. The summed E-state index contributed by atoms with van der Waals surface area (Å²) in [4.78, 5) is 20.2. The molecule has 0 amide bonds. The molecule has 6 heteroatoms. The van der Waals surface area contributed by atoms with Crippen molar-refractivity contribution in [2.45, 2.75) is 20.3 Å². The lowest BCUT2D eigenvalue weighted by atomic mass is 10.2. The summed E-state index contributed by atoms with van der Waals surface area (Å²) in [7, 11) is 0. The van der Waals surface area contributed by atoms with E-state index in [0.29, 0.717) is 5.56 Å². The van der Waals surface area contributed by atoms with Crippen LogP contribution in [0.15, 0.2) is 24.3 Å². The molecule has 0 heterocycles. The zero-order chi connectivity index (χ0) is 14.7. The number of nitrogens with one attached hydrogen (secondary N) is 1. The predicted octanol–water partition coefficient (Wildman–Crippen LogP) is 2.81. The van der Waals surface area contributed by atoms with E-state index in [1.165, 1.54) is 6.92 Å². The molecular formula is C13H15BrN2O3. The van der Waals surface area contributed by atoms with Crippen LogP contribution in [-0.4, -0.2) is 18.3 Å². The number of halogens is 1. The Kier molecular flexibility index (Phi) is 9.10. The maximum atomic E-state index is 10.1. The Morgan fingerprint density at radius 3 is 2.58 bits per heavy atom. The first-order valence-electron chi connectivity index (χ1n) is 5.58. The van der Waals surface area contributed by atoms with Gasteiger partial charge in [-0.3, -0.25) is 9.59 Å². The Morgan fingerprint density at radius 2 is 2.16 bits per heavy atom. The summed E-state index contributed by atoms with van der Waals surface area (Å²) in [6, 6.07) is 9.54. The molecule has 0 bridgehead atoms. The number of nitrogens with zero attached hydrogens (tertiary/aromatic N) is 1. The molecule has 0 atom stereocenters. The van der Waals surface area contributed by atoms with Crippen molar-refractivity contribution in [3.05, 3.63) is 29.8 Å². The Bertz CT molecular complexity index is 469. The summed E-state index contributed by atoms with van der Waals surface area (Å²) in [5, 5.41) is 11.7. The van der Waals surface area contributed by atoms with E-state index in [2.05, 4.69) is 31.5 Å². The zero-order valence-electron chi connectivity index (χ0n) is 10.8. The van der Waals surface area contributed by atoms with Crippen molar-refractivity contribution in [2.75, 3.05) is 11.9 Å². The van der Waals surface area contributed by atoms with Crippen LogP contribution in [0.4, 0.5) is 5.69 Å². The minimum absolute atomic E-state index is 0.161. The van der Waals surface area contributed by atoms with Crippen LogP contribution in [0.3, 0.4) is 0 Å². The molecular weight excluding hydrogens is 312 g/mol. The highest BCUT2D eigenvalue weighted by Crippen LogP contribution is 2.08. The standard InChI is InChI=1S/C9H10N2.C4H5BrO3/c1-2-11-9-5-3-4-8(6-9)7-10;1-3(6)2-4(7)8-5/h3-6,11H,2H2,1H3;2H2,1H3. The van der Waals surface area contributed by atoms with Gasteiger partial charge in [-0.1, -0.05) is 6.07 Å². The number of anilines is 1. The molecule has 1 aromatic rings. The van der Waals surface area contributed by atoms with Crippen LogP contribution in [0.5, 0.6) is 0 Å². The molecule has 1 N–H and O–H groups in total. The summed E-state index contributed by atoms with van der Waals surface area (Å²) >= 11 is 2.44. The normalized spacial score (nSPS) is 8.53. The first kappa shape index (κ1) is 17.1. The summed E-state index contributed by atoms with van der Waals surface area (Å²) < 4.78 is 4.01. The Balaban J connectivity index is 0.000000362. The molecule has 1 aromatic carbocycles. The molecule has 0 fully saturated rings. The minimum Gasteiger partial charge on any atom is -0.385 e. The highest BCUT2D eigenvalue weighted by atomic mass is 79.9. The van der Waals surface area contributed by atoms with Crippen LogP contribution in [0, 0.1) is 11.3 Å². The maximum absolute atomic E-state index is 10.1. The molecule has 0 spiro atoms. The van der Waals surface area contributed by atoms with Crippen molar-refractivity contribution in [2.24, 2.45) is 0 Å². The van der Waals surface area contributed by atoms with Gasteiger partial charge in [0.05, 0.1) is 11.6 Å². The fraction of sp³-hybridized carbons (Fsp3) is 0.308. The summed E-state index contributed by atoms with van der Waals surface area (Å²) in [5.74, 6) is -0.757. The third kappa shape index (κ3) is 8.80. The molecule has 0 unspecified atom stereocenters. The average molecular weight is 327 g/mol. The molecule has 5 nitrogen and oxygen atoms in total. The number of benzene rings is 1. The second-order valence-corrected chi connectivity index (χ2v) is 3.87. The van der Waals surface area contributed by atoms with Crippen LogP contribution < -0.4 is 5.32 Å². The smallest absolute Gasteiger partial charge is 0.324 e. The van der Waals surface area contributed by atoms with Gasteiger partial charge in [0, 0.05) is 12.2 Å². The van der Waals surface area contributed by atoms with Gasteiger partial charge in [0.1, 0.15) is 12.2 Å². The largest absolute Gasteiger partial charge is 0.385 e. The second-order valence-electron chi connectivity index (χ2n) is 3.55. The second kappa shape index (κ2) is 10.1. The van der Waals surface area contributed by atoms with E-state index >= 15 is 0 Å². The van der Waals surface area contributed by atoms with Gasteiger partial charge in [0.2, 0.25) is 0 Å². The van der Waals surface area contributed by atoms with Crippen molar-refractivity contribution in [3.8, 4) is 6.07 Å². The van der Waals surface area contributed by atoms with E-state index in [4.69, 9.17) is 5.26 Å². The molecule has 0 aliphatic rings. The fourth-order valence-electron chi connectivity index (χ4n) is 1.13. The van der Waals surface area contributed by atoms with Gasteiger partial charge in [-0.15, -0.1) is 0 Å². The summed E-state index contributed by atoms with van der Waals surface area (Å²) in [6.45, 7) is 4.23. The van der Waals surface area contributed by atoms with Crippen molar-refractivity contribution in [1.29, 1.82) is 5.26 Å². The Hall–Kier alpha value is -1.87. The van der Waals surface area contributed by atoms with Gasteiger partial charge in [-0.25, -0.2) is 0 Å². The molecule has 102 valence electrons. The van der Waals surface area contributed by atoms with Crippen LogP contribution in [0.2, 0.25) is 0 Å². The quantitative estimate of drug-likeness (QED) is 0.860. The number of nitriles is 1. The molecule has 0 saturated carbocycles. The van der Waals surface area contributed by atoms with E-state index in [-0.39, 0.29) is 12.2 Å². The van der Waals surface area contributed by atoms with Gasteiger partial charge in [0.15, 0.2) is 16.3 Å². The monoisotopic (exact) mass is 326 g/mol.